The van der Waals surface area contributed by atoms with Crippen molar-refractivity contribution in [2.75, 3.05) is 18.6 Å². The van der Waals surface area contributed by atoms with Crippen LogP contribution in [0.1, 0.15) is 38.9 Å². The maximum absolute atomic E-state index is 12.7. The number of hydrogen-bond donors (Lipinski definition) is 0. The normalized spacial score (nSPS) is 18.2. The van der Waals surface area contributed by atoms with Gasteiger partial charge in [0, 0.05) is 30.3 Å². The molecule has 0 fully saturated rings. The summed E-state index contributed by atoms with van der Waals surface area (Å²) in [6.45, 7) is 4.63. The Labute approximate surface area is 170 Å². The summed E-state index contributed by atoms with van der Waals surface area (Å²) < 4.78 is 54.7. The molecule has 1 aromatic carbocycles. The smallest absolute Gasteiger partial charge is 0.387 e. The van der Waals surface area contributed by atoms with Gasteiger partial charge < -0.3 is 4.74 Å². The van der Waals surface area contributed by atoms with Crippen LogP contribution in [0.4, 0.5) is 8.78 Å². The average molecular weight is 428 g/mol. The molecule has 2 heterocycles. The number of hydrogen-bond acceptors (Lipinski definition) is 5. The van der Waals surface area contributed by atoms with E-state index in [0.717, 1.165) is 23.1 Å². The summed E-state index contributed by atoms with van der Waals surface area (Å²) in [7, 11) is -3.07. The molecule has 1 atom stereocenters. The minimum atomic E-state index is -3.07. The van der Waals surface area contributed by atoms with Gasteiger partial charge in [-0.1, -0.05) is 12.2 Å². The minimum absolute atomic E-state index is 0.0632. The van der Waals surface area contributed by atoms with Crippen LogP contribution < -0.4 is 4.74 Å². The summed E-state index contributed by atoms with van der Waals surface area (Å²) >= 11 is 0. The van der Waals surface area contributed by atoms with Crippen molar-refractivity contribution in [3.63, 3.8) is 0 Å². The summed E-state index contributed by atoms with van der Waals surface area (Å²) in [5, 5.41) is 5.49. The second-order valence-corrected chi connectivity index (χ2v) is 10.6. The molecule has 0 N–H and O–H groups in total. The highest BCUT2D eigenvalue weighted by atomic mass is 32.2. The van der Waals surface area contributed by atoms with Gasteiger partial charge in [-0.2, -0.15) is 13.9 Å². The zero-order chi connectivity index (χ0) is 21.4. The third-order valence-corrected chi connectivity index (χ3v) is 5.99. The van der Waals surface area contributed by atoms with E-state index in [1.165, 1.54) is 12.3 Å². The predicted octanol–water partition coefficient (Wildman–Crippen LogP) is 3.78. The number of halogens is 2. The van der Waals surface area contributed by atoms with Crippen LogP contribution in [0, 0.1) is 0 Å². The first kappa shape index (κ1) is 21.7. The standard InChI is InChI=1S/C20H27F2N3O3S/c1-20(2,3)24-10-5-7-17(24)18-15-13-14(28-19(21)22)8-9-16(15)25(23-18)11-6-12-29(4,26)27/h5,7-9,13,17,19H,6,10-12H2,1-4H3. The van der Waals surface area contributed by atoms with E-state index in [2.05, 4.69) is 42.6 Å². The Kier molecular flexibility index (Phi) is 6.01. The van der Waals surface area contributed by atoms with E-state index >= 15 is 0 Å². The van der Waals surface area contributed by atoms with Crippen LogP contribution in [0.3, 0.4) is 0 Å². The van der Waals surface area contributed by atoms with Gasteiger partial charge in [-0.25, -0.2) is 8.42 Å². The van der Waals surface area contributed by atoms with Gasteiger partial charge in [-0.05, 0) is 45.4 Å². The Morgan fingerprint density at radius 1 is 1.31 bits per heavy atom. The Morgan fingerprint density at radius 3 is 2.66 bits per heavy atom. The number of alkyl halides is 2. The van der Waals surface area contributed by atoms with Crippen LogP contribution in [-0.4, -0.2) is 53.8 Å². The Hall–Kier alpha value is -2.00. The SMILES string of the molecule is CC(C)(C)N1CC=CC1c1nn(CCCS(C)(=O)=O)c2ccc(OC(F)F)cc12. The van der Waals surface area contributed by atoms with Crippen molar-refractivity contribution in [3.05, 3.63) is 36.0 Å². The first-order chi connectivity index (χ1) is 13.5. The molecule has 1 aliphatic rings. The third kappa shape index (κ3) is 5.14. The highest BCUT2D eigenvalue weighted by Crippen LogP contribution is 2.37. The fourth-order valence-electron chi connectivity index (χ4n) is 3.68. The zero-order valence-corrected chi connectivity index (χ0v) is 17.9. The molecule has 2 aromatic rings. The molecule has 0 bridgehead atoms. The van der Waals surface area contributed by atoms with Crippen LogP contribution >= 0.6 is 0 Å². The topological polar surface area (TPSA) is 64.4 Å². The lowest BCUT2D eigenvalue weighted by Gasteiger charge is -2.36. The molecule has 1 aromatic heterocycles. The number of aryl methyl sites for hydroxylation is 1. The molecule has 0 saturated carbocycles. The second-order valence-electron chi connectivity index (χ2n) is 8.35. The Balaban J connectivity index is 2.03. The molecule has 29 heavy (non-hydrogen) atoms. The molecule has 0 aliphatic carbocycles. The summed E-state index contributed by atoms with van der Waals surface area (Å²) in [6, 6.07) is 4.67. The lowest BCUT2D eigenvalue weighted by Crippen LogP contribution is -2.41. The second kappa shape index (κ2) is 8.02. The van der Waals surface area contributed by atoms with Gasteiger partial charge in [-0.3, -0.25) is 9.58 Å². The van der Waals surface area contributed by atoms with Gasteiger partial charge in [0.2, 0.25) is 0 Å². The van der Waals surface area contributed by atoms with Crippen LogP contribution in [0.2, 0.25) is 0 Å². The van der Waals surface area contributed by atoms with Crippen LogP contribution in [0.5, 0.6) is 5.75 Å². The molecule has 0 saturated heterocycles. The lowest BCUT2D eigenvalue weighted by molar-refractivity contribution is -0.0497. The highest BCUT2D eigenvalue weighted by Gasteiger charge is 2.33. The quantitative estimate of drug-likeness (QED) is 0.629. The van der Waals surface area contributed by atoms with Crippen molar-refractivity contribution in [2.45, 2.75) is 51.9 Å². The maximum atomic E-state index is 12.7. The number of ether oxygens (including phenoxy) is 1. The summed E-state index contributed by atoms with van der Waals surface area (Å²) in [6.07, 6.45) is 5.77. The van der Waals surface area contributed by atoms with Gasteiger partial charge in [0.1, 0.15) is 15.6 Å². The molecule has 160 valence electrons. The first-order valence-corrected chi connectivity index (χ1v) is 11.6. The summed E-state index contributed by atoms with van der Waals surface area (Å²) in [5.41, 5.74) is 1.41. The fourth-order valence-corrected chi connectivity index (χ4v) is 4.33. The van der Waals surface area contributed by atoms with E-state index < -0.39 is 16.4 Å². The largest absolute Gasteiger partial charge is 0.435 e. The van der Waals surface area contributed by atoms with Crippen molar-refractivity contribution in [3.8, 4) is 5.75 Å². The zero-order valence-electron chi connectivity index (χ0n) is 17.1. The number of fused-ring (bicyclic) bond motifs is 1. The van der Waals surface area contributed by atoms with Crippen molar-refractivity contribution >= 4 is 20.7 Å². The van der Waals surface area contributed by atoms with Crippen molar-refractivity contribution in [1.29, 1.82) is 0 Å². The molecule has 0 radical (unpaired) electrons. The molecule has 9 heteroatoms. The van der Waals surface area contributed by atoms with E-state index in [-0.39, 0.29) is 23.1 Å². The van der Waals surface area contributed by atoms with E-state index in [1.54, 1.807) is 16.8 Å². The van der Waals surface area contributed by atoms with Gasteiger partial charge in [0.25, 0.3) is 0 Å². The number of rotatable bonds is 7. The monoisotopic (exact) mass is 427 g/mol. The minimum Gasteiger partial charge on any atom is -0.435 e. The Bertz CT molecular complexity index is 1010. The van der Waals surface area contributed by atoms with Gasteiger partial charge in [-0.15, -0.1) is 0 Å². The first-order valence-electron chi connectivity index (χ1n) is 9.52. The van der Waals surface area contributed by atoms with Gasteiger partial charge in [0.15, 0.2) is 0 Å². The van der Waals surface area contributed by atoms with Crippen LogP contribution in [0.15, 0.2) is 30.4 Å². The number of benzene rings is 1. The summed E-state index contributed by atoms with van der Waals surface area (Å²) in [4.78, 5) is 2.27. The van der Waals surface area contributed by atoms with Crippen molar-refractivity contribution in [2.24, 2.45) is 0 Å². The number of aromatic nitrogens is 2. The van der Waals surface area contributed by atoms with Crippen LogP contribution in [-0.2, 0) is 16.4 Å². The molecule has 1 aliphatic heterocycles. The predicted molar refractivity (Wildman–Crippen MR) is 109 cm³/mol. The van der Waals surface area contributed by atoms with E-state index in [4.69, 9.17) is 5.10 Å². The number of nitrogens with zero attached hydrogens (tertiary/aromatic N) is 3. The van der Waals surface area contributed by atoms with Gasteiger partial charge in [0.05, 0.1) is 23.0 Å². The molecule has 0 spiro atoms. The Morgan fingerprint density at radius 2 is 2.03 bits per heavy atom. The molecule has 3 rings (SSSR count). The van der Waals surface area contributed by atoms with Crippen molar-refractivity contribution < 1.29 is 21.9 Å². The fraction of sp³-hybridized carbons (Fsp3) is 0.550. The molecular formula is C20H27F2N3O3S. The molecule has 1 unspecified atom stereocenters. The van der Waals surface area contributed by atoms with E-state index in [1.807, 2.05) is 0 Å². The maximum Gasteiger partial charge on any atom is 0.387 e. The summed E-state index contributed by atoms with van der Waals surface area (Å²) in [5.74, 6) is 0.141. The lowest BCUT2D eigenvalue weighted by atomic mass is 10.0. The molecular weight excluding hydrogens is 400 g/mol. The molecule has 6 nitrogen and oxygen atoms in total. The van der Waals surface area contributed by atoms with Gasteiger partial charge >= 0.3 is 6.61 Å². The highest BCUT2D eigenvalue weighted by molar-refractivity contribution is 7.90. The van der Waals surface area contributed by atoms with Crippen molar-refractivity contribution in [1.82, 2.24) is 14.7 Å². The average Bonchev–Trinajstić information content (AvgIpc) is 3.17. The van der Waals surface area contributed by atoms with E-state index in [0.29, 0.717) is 13.0 Å². The number of sulfone groups is 1. The third-order valence-electron chi connectivity index (χ3n) is 4.96. The van der Waals surface area contributed by atoms with Crippen LogP contribution in [0.25, 0.3) is 10.9 Å². The van der Waals surface area contributed by atoms with E-state index in [9.17, 15) is 17.2 Å². The molecule has 0 amide bonds.